The number of hydrogen-bond acceptors (Lipinski definition) is 3. The second-order valence-electron chi connectivity index (χ2n) is 4.99. The van der Waals surface area contributed by atoms with Crippen LogP contribution in [0.25, 0.3) is 0 Å². The van der Waals surface area contributed by atoms with Crippen molar-refractivity contribution in [3.05, 3.63) is 27.7 Å². The van der Waals surface area contributed by atoms with Gasteiger partial charge in [-0.3, -0.25) is 4.79 Å². The third-order valence-electron chi connectivity index (χ3n) is 2.42. The van der Waals surface area contributed by atoms with Crippen LogP contribution in [0, 0.1) is 0 Å². The average molecular weight is 240 g/mol. The van der Waals surface area contributed by atoms with Crippen LogP contribution in [-0.2, 0) is 17.7 Å². The van der Waals surface area contributed by atoms with Gasteiger partial charge < -0.3 is 0 Å². The summed E-state index contributed by atoms with van der Waals surface area (Å²) in [6, 6.07) is 1.88. The number of aryl methyl sites for hydroxylation is 1. The lowest BCUT2D eigenvalue weighted by atomic mass is 9.91. The first-order chi connectivity index (χ1) is 7.40. The molecule has 1 rings (SSSR count). The van der Waals surface area contributed by atoms with Gasteiger partial charge in [0.05, 0.1) is 5.69 Å². The van der Waals surface area contributed by atoms with E-state index in [9.17, 15) is 4.79 Å². The lowest BCUT2D eigenvalue weighted by molar-refractivity contribution is 0.493. The molecule has 0 aliphatic rings. The van der Waals surface area contributed by atoms with Crippen LogP contribution in [0.5, 0.6) is 0 Å². The highest BCUT2D eigenvalue weighted by molar-refractivity contribution is 7.79. The molecule has 1 aromatic rings. The number of rotatable bonds is 3. The van der Waals surface area contributed by atoms with E-state index in [1.165, 1.54) is 0 Å². The lowest BCUT2D eigenvalue weighted by Gasteiger charge is -2.19. The molecule has 0 amide bonds. The van der Waals surface area contributed by atoms with Gasteiger partial charge in [0, 0.05) is 23.3 Å². The average Bonchev–Trinajstić information content (AvgIpc) is 2.19. The van der Waals surface area contributed by atoms with Crippen LogP contribution in [0.2, 0.25) is 0 Å². The number of thiol groups is 1. The highest BCUT2D eigenvalue weighted by Gasteiger charge is 2.18. The number of nitrogens with zero attached hydrogens (tertiary/aromatic N) is 2. The van der Waals surface area contributed by atoms with Crippen molar-refractivity contribution in [1.29, 1.82) is 0 Å². The van der Waals surface area contributed by atoms with Crippen molar-refractivity contribution in [2.24, 2.45) is 0 Å². The van der Waals surface area contributed by atoms with Crippen molar-refractivity contribution < 1.29 is 0 Å². The van der Waals surface area contributed by atoms with Crippen molar-refractivity contribution in [2.75, 3.05) is 0 Å². The Bertz CT molecular complexity index is 418. The summed E-state index contributed by atoms with van der Waals surface area (Å²) in [5, 5.41) is 4.41. The van der Waals surface area contributed by atoms with Gasteiger partial charge in [0.2, 0.25) is 0 Å². The van der Waals surface area contributed by atoms with E-state index in [1.807, 2.05) is 13.0 Å². The molecule has 0 saturated carbocycles. The van der Waals surface area contributed by atoms with Gasteiger partial charge in [-0.1, -0.05) is 27.7 Å². The van der Waals surface area contributed by atoms with Gasteiger partial charge in [-0.2, -0.15) is 17.7 Å². The summed E-state index contributed by atoms with van der Waals surface area (Å²) in [5.41, 5.74) is 1.63. The van der Waals surface area contributed by atoms with E-state index >= 15 is 0 Å². The van der Waals surface area contributed by atoms with Crippen molar-refractivity contribution >= 4 is 12.6 Å². The van der Waals surface area contributed by atoms with Gasteiger partial charge in [0.25, 0.3) is 5.56 Å². The van der Waals surface area contributed by atoms with Gasteiger partial charge in [0.1, 0.15) is 0 Å². The highest BCUT2D eigenvalue weighted by atomic mass is 32.1. The van der Waals surface area contributed by atoms with E-state index in [4.69, 9.17) is 0 Å². The van der Waals surface area contributed by atoms with Crippen LogP contribution in [-0.4, -0.2) is 9.78 Å². The maximum absolute atomic E-state index is 11.9. The van der Waals surface area contributed by atoms with E-state index in [-0.39, 0.29) is 11.0 Å². The zero-order chi connectivity index (χ0) is 12.3. The Morgan fingerprint density at radius 1 is 1.44 bits per heavy atom. The van der Waals surface area contributed by atoms with E-state index in [0.717, 1.165) is 17.7 Å². The van der Waals surface area contributed by atoms with E-state index in [1.54, 1.807) is 4.68 Å². The van der Waals surface area contributed by atoms with Crippen molar-refractivity contribution in [1.82, 2.24) is 9.78 Å². The van der Waals surface area contributed by atoms with Crippen LogP contribution >= 0.6 is 12.6 Å². The number of aromatic nitrogens is 2. The second kappa shape index (κ2) is 5.04. The fourth-order valence-electron chi connectivity index (χ4n) is 1.44. The highest BCUT2D eigenvalue weighted by Crippen LogP contribution is 2.19. The maximum atomic E-state index is 11.9. The first-order valence-corrected chi connectivity index (χ1v) is 6.25. The molecule has 0 aliphatic carbocycles. The van der Waals surface area contributed by atoms with Crippen LogP contribution in [0.15, 0.2) is 10.9 Å². The smallest absolute Gasteiger partial charge is 0.267 e. The summed E-state index contributed by atoms with van der Waals surface area (Å²) in [5.74, 6) is 0.466. The molecule has 0 fully saturated rings. The molecule has 90 valence electrons. The topological polar surface area (TPSA) is 34.9 Å². The van der Waals surface area contributed by atoms with Crippen molar-refractivity contribution in [3.63, 3.8) is 0 Å². The molecule has 1 heterocycles. The summed E-state index contributed by atoms with van der Waals surface area (Å²) >= 11 is 4.20. The molecular formula is C12H20N2OS. The summed E-state index contributed by atoms with van der Waals surface area (Å²) in [6.45, 7) is 9.00. The third kappa shape index (κ3) is 2.88. The monoisotopic (exact) mass is 240 g/mol. The van der Waals surface area contributed by atoms with Crippen LogP contribution in [0.3, 0.4) is 0 Å². The molecule has 0 saturated heterocycles. The first-order valence-electron chi connectivity index (χ1n) is 5.62. The fraction of sp³-hybridized carbons (Fsp3) is 0.667. The fourth-order valence-corrected chi connectivity index (χ4v) is 1.67. The minimum Gasteiger partial charge on any atom is -0.267 e. The lowest BCUT2D eigenvalue weighted by Crippen LogP contribution is -2.30. The Balaban J connectivity index is 3.34. The molecule has 3 nitrogen and oxygen atoms in total. The summed E-state index contributed by atoms with van der Waals surface area (Å²) in [4.78, 5) is 11.9. The summed E-state index contributed by atoms with van der Waals surface area (Å²) in [7, 11) is 0. The largest absolute Gasteiger partial charge is 0.270 e. The first kappa shape index (κ1) is 13.3. The maximum Gasteiger partial charge on any atom is 0.270 e. The quantitative estimate of drug-likeness (QED) is 0.823. The Kier molecular flexibility index (Phi) is 4.19. The Morgan fingerprint density at radius 3 is 2.50 bits per heavy atom. The molecule has 0 aliphatic heterocycles. The van der Waals surface area contributed by atoms with Gasteiger partial charge in [0.15, 0.2) is 0 Å². The Morgan fingerprint density at radius 2 is 2.06 bits per heavy atom. The molecule has 0 atom stereocenters. The molecule has 16 heavy (non-hydrogen) atoms. The van der Waals surface area contributed by atoms with E-state index < -0.39 is 0 Å². The zero-order valence-electron chi connectivity index (χ0n) is 10.4. The van der Waals surface area contributed by atoms with Gasteiger partial charge >= 0.3 is 0 Å². The minimum absolute atomic E-state index is 0.00940. The van der Waals surface area contributed by atoms with Gasteiger partial charge in [-0.25, -0.2) is 4.68 Å². The molecule has 0 N–H and O–H groups in total. The SMILES string of the molecule is CCCn1nc(C(C)(C)C)cc(CS)c1=O. The zero-order valence-corrected chi connectivity index (χ0v) is 11.3. The standard InChI is InChI=1S/C12H20N2OS/c1-5-6-14-11(15)9(8-16)7-10(13-14)12(2,3)4/h7,16H,5-6,8H2,1-4H3. The molecule has 0 unspecified atom stereocenters. The van der Waals surface area contributed by atoms with Crippen LogP contribution < -0.4 is 5.56 Å². The van der Waals surface area contributed by atoms with Crippen LogP contribution in [0.4, 0.5) is 0 Å². The minimum atomic E-state index is -0.0408. The molecule has 0 spiro atoms. The molecule has 0 aromatic carbocycles. The summed E-state index contributed by atoms with van der Waals surface area (Å²) in [6.07, 6.45) is 0.909. The predicted molar refractivity (Wildman–Crippen MR) is 70.2 cm³/mol. The predicted octanol–water partition coefficient (Wildman–Crippen LogP) is 2.38. The molecule has 4 heteroatoms. The van der Waals surface area contributed by atoms with E-state index in [0.29, 0.717) is 12.3 Å². The summed E-state index contributed by atoms with van der Waals surface area (Å²) < 4.78 is 1.56. The third-order valence-corrected chi connectivity index (χ3v) is 2.76. The van der Waals surface area contributed by atoms with Crippen LogP contribution in [0.1, 0.15) is 45.4 Å². The normalized spacial score (nSPS) is 11.8. The molecule has 0 radical (unpaired) electrons. The molecular weight excluding hydrogens is 220 g/mol. The Hall–Kier alpha value is -0.770. The van der Waals surface area contributed by atoms with Crippen molar-refractivity contribution in [2.45, 2.75) is 51.8 Å². The van der Waals surface area contributed by atoms with Gasteiger partial charge in [-0.05, 0) is 12.5 Å². The Labute approximate surface area is 102 Å². The van der Waals surface area contributed by atoms with E-state index in [2.05, 4.69) is 38.5 Å². The van der Waals surface area contributed by atoms with Gasteiger partial charge in [-0.15, -0.1) is 0 Å². The molecule has 0 bridgehead atoms. The van der Waals surface area contributed by atoms with Crippen molar-refractivity contribution in [3.8, 4) is 0 Å². The molecule has 1 aromatic heterocycles. The second-order valence-corrected chi connectivity index (χ2v) is 5.31. The number of hydrogen-bond donors (Lipinski definition) is 1.